The smallest absolute Gasteiger partial charge is 0.124 e. The zero-order valence-corrected chi connectivity index (χ0v) is 9.78. The van der Waals surface area contributed by atoms with E-state index in [0.29, 0.717) is 0 Å². The summed E-state index contributed by atoms with van der Waals surface area (Å²) in [6.07, 6.45) is 5.66. The van der Waals surface area contributed by atoms with E-state index in [4.69, 9.17) is 4.74 Å². The van der Waals surface area contributed by atoms with Crippen molar-refractivity contribution in [1.29, 1.82) is 0 Å². The molecule has 1 unspecified atom stereocenters. The van der Waals surface area contributed by atoms with E-state index in [1.807, 2.05) is 0 Å². The van der Waals surface area contributed by atoms with Crippen LogP contribution < -0.4 is 0 Å². The highest BCUT2D eigenvalue weighted by atomic mass is 16.5. The highest BCUT2D eigenvalue weighted by Gasteiger charge is 2.18. The van der Waals surface area contributed by atoms with Crippen molar-refractivity contribution in [3.8, 4) is 0 Å². The third kappa shape index (κ3) is 5.28. The van der Waals surface area contributed by atoms with Crippen molar-refractivity contribution in [2.24, 2.45) is 5.92 Å². The molecule has 88 valence electrons. The Bertz CT molecular complexity index is 173. The standard InChI is InChI=1S/C12H23NO2/c1-2-3-8-15-9-7-13-6-4-5-12(10-13)11-14/h11-12H,2-10H2,1H3. The van der Waals surface area contributed by atoms with Gasteiger partial charge in [-0.05, 0) is 25.8 Å². The third-order valence-corrected chi connectivity index (χ3v) is 2.93. The van der Waals surface area contributed by atoms with Crippen molar-refractivity contribution in [1.82, 2.24) is 4.90 Å². The Morgan fingerprint density at radius 3 is 3.07 bits per heavy atom. The summed E-state index contributed by atoms with van der Waals surface area (Å²) in [4.78, 5) is 13.0. The summed E-state index contributed by atoms with van der Waals surface area (Å²) in [5.74, 6) is 0.259. The summed E-state index contributed by atoms with van der Waals surface area (Å²) >= 11 is 0. The van der Waals surface area contributed by atoms with E-state index in [1.165, 1.54) is 6.42 Å². The van der Waals surface area contributed by atoms with Crippen LogP contribution in [0.25, 0.3) is 0 Å². The molecule has 1 atom stereocenters. The lowest BCUT2D eigenvalue weighted by Gasteiger charge is -2.29. The summed E-state index contributed by atoms with van der Waals surface area (Å²) in [5, 5.41) is 0. The number of likely N-dealkylation sites (tertiary alicyclic amines) is 1. The molecule has 0 aromatic carbocycles. The number of rotatable bonds is 7. The van der Waals surface area contributed by atoms with Gasteiger partial charge in [-0.3, -0.25) is 0 Å². The Morgan fingerprint density at radius 2 is 2.33 bits per heavy atom. The fourth-order valence-corrected chi connectivity index (χ4v) is 1.95. The predicted molar refractivity (Wildman–Crippen MR) is 61.0 cm³/mol. The van der Waals surface area contributed by atoms with Crippen LogP contribution in [-0.2, 0) is 9.53 Å². The van der Waals surface area contributed by atoms with Crippen LogP contribution >= 0.6 is 0 Å². The minimum Gasteiger partial charge on any atom is -0.380 e. The van der Waals surface area contributed by atoms with Crippen molar-refractivity contribution >= 4 is 6.29 Å². The molecule has 1 heterocycles. The van der Waals surface area contributed by atoms with Gasteiger partial charge in [-0.15, -0.1) is 0 Å². The average Bonchev–Trinajstić information content (AvgIpc) is 2.29. The Labute approximate surface area is 92.8 Å². The molecule has 0 saturated carbocycles. The lowest BCUT2D eigenvalue weighted by molar-refractivity contribution is -0.112. The van der Waals surface area contributed by atoms with Crippen molar-refractivity contribution in [2.75, 3.05) is 32.8 Å². The van der Waals surface area contributed by atoms with Crippen LogP contribution in [0.4, 0.5) is 0 Å². The molecule has 1 rings (SSSR count). The van der Waals surface area contributed by atoms with Crippen LogP contribution in [-0.4, -0.2) is 44.0 Å². The Balaban J connectivity index is 2.02. The maximum atomic E-state index is 10.7. The van der Waals surface area contributed by atoms with E-state index in [-0.39, 0.29) is 5.92 Å². The lowest BCUT2D eigenvalue weighted by Crippen LogP contribution is -2.38. The van der Waals surface area contributed by atoms with Gasteiger partial charge in [0.25, 0.3) is 0 Å². The number of aldehydes is 1. The molecule has 3 heteroatoms. The second-order valence-corrected chi connectivity index (χ2v) is 4.30. The van der Waals surface area contributed by atoms with Gasteiger partial charge >= 0.3 is 0 Å². The minimum absolute atomic E-state index is 0.259. The van der Waals surface area contributed by atoms with Gasteiger partial charge in [-0.2, -0.15) is 0 Å². The number of piperidine rings is 1. The normalized spacial score (nSPS) is 22.9. The van der Waals surface area contributed by atoms with E-state index in [0.717, 1.165) is 58.4 Å². The molecule has 0 bridgehead atoms. The first kappa shape index (κ1) is 12.7. The number of carbonyl (C=O) groups excluding carboxylic acids is 1. The molecule has 0 aromatic rings. The van der Waals surface area contributed by atoms with E-state index < -0.39 is 0 Å². The minimum atomic E-state index is 0.259. The van der Waals surface area contributed by atoms with Crippen LogP contribution in [0.5, 0.6) is 0 Å². The molecule has 0 aromatic heterocycles. The molecule has 0 N–H and O–H groups in total. The number of nitrogens with zero attached hydrogens (tertiary/aromatic N) is 1. The first-order valence-corrected chi connectivity index (χ1v) is 6.12. The molecule has 1 aliphatic heterocycles. The Morgan fingerprint density at radius 1 is 1.47 bits per heavy atom. The monoisotopic (exact) mass is 213 g/mol. The SMILES string of the molecule is CCCCOCCN1CCCC(C=O)C1. The highest BCUT2D eigenvalue weighted by molar-refractivity contribution is 5.53. The second-order valence-electron chi connectivity index (χ2n) is 4.30. The zero-order chi connectivity index (χ0) is 10.9. The van der Waals surface area contributed by atoms with Crippen LogP contribution in [0.15, 0.2) is 0 Å². The van der Waals surface area contributed by atoms with E-state index >= 15 is 0 Å². The van der Waals surface area contributed by atoms with Gasteiger partial charge in [0.05, 0.1) is 6.61 Å². The highest BCUT2D eigenvalue weighted by Crippen LogP contribution is 2.13. The first-order valence-electron chi connectivity index (χ1n) is 6.12. The largest absolute Gasteiger partial charge is 0.380 e. The molecule has 0 radical (unpaired) electrons. The van der Waals surface area contributed by atoms with E-state index in [1.54, 1.807) is 0 Å². The van der Waals surface area contributed by atoms with Gasteiger partial charge in [-0.1, -0.05) is 13.3 Å². The summed E-state index contributed by atoms with van der Waals surface area (Å²) in [5.41, 5.74) is 0. The van der Waals surface area contributed by atoms with E-state index in [2.05, 4.69) is 11.8 Å². The number of hydrogen-bond acceptors (Lipinski definition) is 3. The van der Waals surface area contributed by atoms with Gasteiger partial charge in [0.15, 0.2) is 0 Å². The molecule has 0 amide bonds. The predicted octanol–water partition coefficient (Wildman–Crippen LogP) is 1.71. The molecule has 3 nitrogen and oxygen atoms in total. The summed E-state index contributed by atoms with van der Waals surface area (Å²) in [6, 6.07) is 0. The van der Waals surface area contributed by atoms with E-state index in [9.17, 15) is 4.79 Å². The summed E-state index contributed by atoms with van der Waals surface area (Å²) < 4.78 is 5.52. The van der Waals surface area contributed by atoms with Gasteiger partial charge in [0.2, 0.25) is 0 Å². The second kappa shape index (κ2) is 7.83. The molecular formula is C12H23NO2. The Kier molecular flexibility index (Phi) is 6.60. The van der Waals surface area contributed by atoms with Gasteiger partial charge in [0.1, 0.15) is 6.29 Å². The maximum absolute atomic E-state index is 10.7. The quantitative estimate of drug-likeness (QED) is 0.476. The number of unbranched alkanes of at least 4 members (excludes halogenated alkanes) is 1. The van der Waals surface area contributed by atoms with Crippen LogP contribution in [0.3, 0.4) is 0 Å². The van der Waals surface area contributed by atoms with Crippen molar-refractivity contribution in [3.05, 3.63) is 0 Å². The fourth-order valence-electron chi connectivity index (χ4n) is 1.95. The van der Waals surface area contributed by atoms with Crippen LogP contribution in [0, 0.1) is 5.92 Å². The zero-order valence-electron chi connectivity index (χ0n) is 9.78. The molecule has 1 aliphatic rings. The van der Waals surface area contributed by atoms with Crippen molar-refractivity contribution in [3.63, 3.8) is 0 Å². The van der Waals surface area contributed by atoms with Gasteiger partial charge < -0.3 is 14.4 Å². The molecule has 1 saturated heterocycles. The number of carbonyl (C=O) groups is 1. The average molecular weight is 213 g/mol. The lowest BCUT2D eigenvalue weighted by atomic mass is 10.00. The summed E-state index contributed by atoms with van der Waals surface area (Å²) in [6.45, 7) is 6.89. The van der Waals surface area contributed by atoms with Gasteiger partial charge in [0, 0.05) is 25.6 Å². The fraction of sp³-hybridized carbons (Fsp3) is 0.917. The number of hydrogen-bond donors (Lipinski definition) is 0. The van der Waals surface area contributed by atoms with Crippen molar-refractivity contribution < 1.29 is 9.53 Å². The summed E-state index contributed by atoms with van der Waals surface area (Å²) in [7, 11) is 0. The third-order valence-electron chi connectivity index (χ3n) is 2.93. The number of ether oxygens (including phenoxy) is 1. The molecule has 15 heavy (non-hydrogen) atoms. The first-order chi connectivity index (χ1) is 7.36. The van der Waals surface area contributed by atoms with Crippen LogP contribution in [0.1, 0.15) is 32.6 Å². The molecule has 0 aliphatic carbocycles. The van der Waals surface area contributed by atoms with Crippen LogP contribution in [0.2, 0.25) is 0 Å². The molecule has 0 spiro atoms. The van der Waals surface area contributed by atoms with Crippen molar-refractivity contribution in [2.45, 2.75) is 32.6 Å². The maximum Gasteiger partial charge on any atom is 0.124 e. The topological polar surface area (TPSA) is 29.5 Å². The molecular weight excluding hydrogens is 190 g/mol. The van der Waals surface area contributed by atoms with Gasteiger partial charge in [-0.25, -0.2) is 0 Å². The Hall–Kier alpha value is -0.410. The molecule has 1 fully saturated rings.